The molecule has 4 rings (SSSR count). The molecular weight excluding hydrogens is 432 g/mol. The van der Waals surface area contributed by atoms with Gasteiger partial charge in [-0.25, -0.2) is 28.1 Å². The van der Waals surface area contributed by atoms with Crippen LogP contribution in [0.15, 0.2) is 28.5 Å². The number of hydrogen-bond donors (Lipinski definition) is 2. The predicted molar refractivity (Wildman–Crippen MR) is 124 cm³/mol. The second-order valence-corrected chi connectivity index (χ2v) is 11.3. The smallest absolute Gasteiger partial charge is 0.213 e. The lowest BCUT2D eigenvalue weighted by Gasteiger charge is -2.13. The van der Waals surface area contributed by atoms with Crippen LogP contribution >= 0.6 is 11.8 Å². The number of hydrogen-bond acceptors (Lipinski definition) is 7. The van der Waals surface area contributed by atoms with Crippen molar-refractivity contribution in [3.8, 4) is 0 Å². The first kappa shape index (κ1) is 22.0. The molecule has 2 heterocycles. The average molecular weight is 461 g/mol. The van der Waals surface area contributed by atoms with Gasteiger partial charge in [0.05, 0.1) is 5.25 Å². The number of sulfonamides is 1. The lowest BCUT2D eigenvalue weighted by molar-refractivity contribution is 0.560. The lowest BCUT2D eigenvalue weighted by atomic mass is 10.0. The van der Waals surface area contributed by atoms with Crippen molar-refractivity contribution < 1.29 is 8.42 Å². The number of nitrogens with zero attached hydrogens (tertiary/aromatic N) is 4. The van der Waals surface area contributed by atoms with Gasteiger partial charge in [0.25, 0.3) is 0 Å². The molecule has 0 radical (unpaired) electrons. The SMILES string of the molecule is CCc1cc2c(cc1Sc1nc3c(N)ncnc3n1CCNS(=O)(=O)C(C)C)CCC2. The topological polar surface area (TPSA) is 116 Å². The van der Waals surface area contributed by atoms with Crippen LogP contribution in [0.4, 0.5) is 5.82 Å². The van der Waals surface area contributed by atoms with E-state index in [9.17, 15) is 8.42 Å². The van der Waals surface area contributed by atoms with E-state index in [2.05, 4.69) is 33.7 Å². The zero-order chi connectivity index (χ0) is 22.2. The fourth-order valence-corrected chi connectivity index (χ4v) is 5.67. The Labute approximate surface area is 187 Å². The fraction of sp³-hybridized carbons (Fsp3) is 0.476. The van der Waals surface area contributed by atoms with Crippen LogP contribution in [0.2, 0.25) is 0 Å². The summed E-state index contributed by atoms with van der Waals surface area (Å²) in [6, 6.07) is 4.61. The van der Waals surface area contributed by atoms with Gasteiger partial charge in [-0.3, -0.25) is 0 Å². The van der Waals surface area contributed by atoms with Crippen LogP contribution in [0, 0.1) is 0 Å². The standard InChI is InChI=1S/C21H28N6O2S2/c1-4-14-10-15-6-5-7-16(15)11-17(14)30-21-26-18-19(22)23-12-24-20(18)27(21)9-8-25-31(28,29)13(2)3/h10-13,25H,4-9H2,1-3H3,(H2,22,23,24). The maximum atomic E-state index is 12.2. The minimum Gasteiger partial charge on any atom is -0.382 e. The quantitative estimate of drug-likeness (QED) is 0.531. The Bertz CT molecular complexity index is 1220. The van der Waals surface area contributed by atoms with Gasteiger partial charge in [0.15, 0.2) is 22.1 Å². The summed E-state index contributed by atoms with van der Waals surface area (Å²) < 4.78 is 28.9. The van der Waals surface area contributed by atoms with Crippen LogP contribution in [0.1, 0.15) is 43.9 Å². The summed E-state index contributed by atoms with van der Waals surface area (Å²) in [7, 11) is -3.35. The zero-order valence-electron chi connectivity index (χ0n) is 18.1. The van der Waals surface area contributed by atoms with Crippen LogP contribution in [-0.4, -0.2) is 39.7 Å². The Balaban J connectivity index is 1.69. The first-order chi connectivity index (χ1) is 14.8. The maximum Gasteiger partial charge on any atom is 0.213 e. The molecule has 1 aliphatic carbocycles. The first-order valence-corrected chi connectivity index (χ1v) is 12.9. The number of nitrogens with two attached hydrogens (primary N) is 1. The van der Waals surface area contributed by atoms with Gasteiger partial charge in [0.2, 0.25) is 10.0 Å². The van der Waals surface area contributed by atoms with Gasteiger partial charge >= 0.3 is 0 Å². The summed E-state index contributed by atoms with van der Waals surface area (Å²) in [6.07, 6.45) is 5.81. The van der Waals surface area contributed by atoms with Crippen molar-refractivity contribution in [2.75, 3.05) is 12.3 Å². The van der Waals surface area contributed by atoms with E-state index in [4.69, 9.17) is 10.7 Å². The monoisotopic (exact) mass is 460 g/mol. The molecule has 0 saturated carbocycles. The average Bonchev–Trinajstić information content (AvgIpc) is 3.32. The summed E-state index contributed by atoms with van der Waals surface area (Å²) in [5.41, 5.74) is 11.4. The fourth-order valence-electron chi connectivity index (χ4n) is 3.80. The van der Waals surface area contributed by atoms with Crippen LogP contribution in [0.5, 0.6) is 0 Å². The number of benzene rings is 1. The number of rotatable bonds is 8. The first-order valence-electron chi connectivity index (χ1n) is 10.6. The number of aromatic nitrogens is 4. The molecule has 8 nitrogen and oxygen atoms in total. The summed E-state index contributed by atoms with van der Waals surface area (Å²) in [6.45, 7) is 6.12. The van der Waals surface area contributed by atoms with Gasteiger partial charge in [0, 0.05) is 18.0 Å². The molecule has 3 N–H and O–H groups in total. The third-order valence-corrected chi connectivity index (χ3v) is 8.58. The van der Waals surface area contributed by atoms with E-state index in [-0.39, 0.29) is 6.54 Å². The summed E-state index contributed by atoms with van der Waals surface area (Å²) in [5.74, 6) is 0.318. The second-order valence-electron chi connectivity index (χ2n) is 8.00. The van der Waals surface area contributed by atoms with Gasteiger partial charge in [-0.15, -0.1) is 0 Å². The molecular formula is C21H28N6O2S2. The number of fused-ring (bicyclic) bond motifs is 2. The van der Waals surface area contributed by atoms with Crippen LogP contribution in [-0.2, 0) is 35.8 Å². The van der Waals surface area contributed by atoms with E-state index in [1.807, 2.05) is 4.57 Å². The minimum atomic E-state index is -3.35. The molecule has 0 unspecified atom stereocenters. The van der Waals surface area contributed by atoms with E-state index in [0.717, 1.165) is 24.4 Å². The van der Waals surface area contributed by atoms with Crippen LogP contribution in [0.25, 0.3) is 11.2 Å². The normalized spacial score (nSPS) is 13.9. The van der Waals surface area contributed by atoms with Gasteiger partial charge in [-0.2, -0.15) is 0 Å². The highest BCUT2D eigenvalue weighted by Gasteiger charge is 2.20. The second kappa shape index (κ2) is 8.76. The summed E-state index contributed by atoms with van der Waals surface area (Å²) >= 11 is 1.58. The van der Waals surface area contributed by atoms with Crippen molar-refractivity contribution >= 4 is 38.8 Å². The van der Waals surface area contributed by atoms with Crippen LogP contribution < -0.4 is 10.5 Å². The maximum absolute atomic E-state index is 12.2. The molecule has 0 spiro atoms. The number of nitrogen functional groups attached to an aromatic ring is 1. The molecule has 0 fully saturated rings. The molecule has 1 aliphatic rings. The van der Waals surface area contributed by atoms with Gasteiger partial charge < -0.3 is 10.3 Å². The molecule has 10 heteroatoms. The molecule has 0 saturated heterocycles. The van der Waals surface area contributed by atoms with Gasteiger partial charge in [-0.05, 0) is 62.3 Å². The molecule has 2 aromatic heterocycles. The van der Waals surface area contributed by atoms with Crippen molar-refractivity contribution in [2.45, 2.75) is 68.3 Å². The van der Waals surface area contributed by atoms with Crippen molar-refractivity contribution in [3.05, 3.63) is 35.2 Å². The minimum absolute atomic E-state index is 0.244. The Morgan fingerprint density at radius 2 is 1.97 bits per heavy atom. The molecule has 0 bridgehead atoms. The highest BCUT2D eigenvalue weighted by atomic mass is 32.2. The zero-order valence-corrected chi connectivity index (χ0v) is 19.7. The molecule has 0 atom stereocenters. The van der Waals surface area contributed by atoms with E-state index < -0.39 is 15.3 Å². The van der Waals surface area contributed by atoms with Crippen molar-refractivity contribution in [3.63, 3.8) is 0 Å². The Hall–Kier alpha value is -2.17. The number of nitrogens with one attached hydrogen (secondary N) is 1. The van der Waals surface area contributed by atoms with E-state index >= 15 is 0 Å². The van der Waals surface area contributed by atoms with Gasteiger partial charge in [-0.1, -0.05) is 24.8 Å². The van der Waals surface area contributed by atoms with Crippen molar-refractivity contribution in [1.82, 2.24) is 24.2 Å². The number of imidazole rings is 1. The van der Waals surface area contributed by atoms with Crippen molar-refractivity contribution in [2.24, 2.45) is 0 Å². The number of aryl methyl sites for hydroxylation is 3. The molecule has 31 heavy (non-hydrogen) atoms. The molecule has 166 valence electrons. The van der Waals surface area contributed by atoms with Crippen LogP contribution in [0.3, 0.4) is 0 Å². The number of anilines is 1. The largest absolute Gasteiger partial charge is 0.382 e. The third-order valence-electron chi connectivity index (χ3n) is 5.64. The Morgan fingerprint density at radius 1 is 1.23 bits per heavy atom. The highest BCUT2D eigenvalue weighted by molar-refractivity contribution is 7.99. The summed E-state index contributed by atoms with van der Waals surface area (Å²) in [4.78, 5) is 14.3. The van der Waals surface area contributed by atoms with E-state index in [0.29, 0.717) is 23.5 Å². The highest BCUT2D eigenvalue weighted by Crippen LogP contribution is 2.36. The Kier molecular flexibility index (Phi) is 6.23. The summed E-state index contributed by atoms with van der Waals surface area (Å²) in [5, 5.41) is 0.246. The van der Waals surface area contributed by atoms with Crippen molar-refractivity contribution in [1.29, 1.82) is 0 Å². The van der Waals surface area contributed by atoms with E-state index in [1.165, 1.54) is 34.3 Å². The molecule has 3 aromatic rings. The molecule has 0 aliphatic heterocycles. The molecule has 1 aromatic carbocycles. The molecule has 0 amide bonds. The predicted octanol–water partition coefficient (Wildman–Crippen LogP) is 2.94. The lowest BCUT2D eigenvalue weighted by Crippen LogP contribution is -2.33. The third kappa shape index (κ3) is 4.42. The van der Waals surface area contributed by atoms with E-state index in [1.54, 1.807) is 25.6 Å². The Morgan fingerprint density at radius 3 is 2.68 bits per heavy atom. The van der Waals surface area contributed by atoms with Gasteiger partial charge in [0.1, 0.15) is 6.33 Å².